The van der Waals surface area contributed by atoms with Crippen LogP contribution < -0.4 is 5.32 Å². The molecular formula is C16H29ClN4. The number of hydrogen-bond donors (Lipinski definition) is 1. The van der Waals surface area contributed by atoms with E-state index in [0.29, 0.717) is 0 Å². The van der Waals surface area contributed by atoms with E-state index in [1.807, 2.05) is 18.7 Å². The molecule has 1 aromatic rings. The highest BCUT2D eigenvalue weighted by Crippen LogP contribution is 2.31. The molecule has 2 unspecified atom stereocenters. The molecule has 120 valence electrons. The number of nitrogens with one attached hydrogen (secondary N) is 1. The molecule has 1 aliphatic heterocycles. The molecule has 0 radical (unpaired) electrons. The fourth-order valence-corrected chi connectivity index (χ4v) is 3.27. The summed E-state index contributed by atoms with van der Waals surface area (Å²) < 4.78 is 1.93. The Morgan fingerprint density at radius 2 is 1.95 bits per heavy atom. The predicted octanol–water partition coefficient (Wildman–Crippen LogP) is 3.12. The van der Waals surface area contributed by atoms with Crippen molar-refractivity contribution in [3.8, 4) is 0 Å². The second kappa shape index (κ2) is 5.90. The molecule has 4 nitrogen and oxygen atoms in total. The molecule has 0 aromatic carbocycles. The standard InChI is InChI=1S/C16H29ClN4/c1-7-15(4)11-21(16(5,8-2)10-18-15)9-13-14(17)12(3)19-20(13)6/h18H,7-11H2,1-6H3. The summed E-state index contributed by atoms with van der Waals surface area (Å²) in [7, 11) is 1.98. The number of nitrogens with zero attached hydrogens (tertiary/aromatic N) is 3. The molecule has 0 spiro atoms. The average molecular weight is 313 g/mol. The van der Waals surface area contributed by atoms with Crippen molar-refractivity contribution >= 4 is 11.6 Å². The molecule has 2 atom stereocenters. The van der Waals surface area contributed by atoms with E-state index >= 15 is 0 Å². The van der Waals surface area contributed by atoms with Crippen LogP contribution in [-0.2, 0) is 13.6 Å². The lowest BCUT2D eigenvalue weighted by Gasteiger charge is -2.52. The maximum atomic E-state index is 6.45. The first-order valence-electron chi connectivity index (χ1n) is 7.93. The van der Waals surface area contributed by atoms with E-state index in [-0.39, 0.29) is 11.1 Å². The minimum absolute atomic E-state index is 0.163. The lowest BCUT2D eigenvalue weighted by molar-refractivity contribution is 0.00880. The maximum absolute atomic E-state index is 6.45. The van der Waals surface area contributed by atoms with Gasteiger partial charge in [0.1, 0.15) is 0 Å². The second-order valence-electron chi connectivity index (χ2n) is 6.94. The average Bonchev–Trinajstić information content (AvgIpc) is 2.70. The van der Waals surface area contributed by atoms with E-state index in [4.69, 9.17) is 11.6 Å². The van der Waals surface area contributed by atoms with Crippen LogP contribution in [0.25, 0.3) is 0 Å². The third kappa shape index (κ3) is 3.13. The van der Waals surface area contributed by atoms with E-state index in [9.17, 15) is 0 Å². The Morgan fingerprint density at radius 1 is 1.29 bits per heavy atom. The highest BCUT2D eigenvalue weighted by Gasteiger charge is 2.41. The molecule has 1 N–H and O–H groups in total. The van der Waals surface area contributed by atoms with Crippen molar-refractivity contribution in [2.75, 3.05) is 13.1 Å². The molecule has 2 heterocycles. The van der Waals surface area contributed by atoms with Crippen LogP contribution in [0, 0.1) is 6.92 Å². The molecule has 0 amide bonds. The number of halogens is 1. The minimum atomic E-state index is 0.163. The van der Waals surface area contributed by atoms with Crippen molar-refractivity contribution in [1.29, 1.82) is 0 Å². The van der Waals surface area contributed by atoms with E-state index in [0.717, 1.165) is 48.9 Å². The van der Waals surface area contributed by atoms with Gasteiger partial charge in [0.15, 0.2) is 0 Å². The highest BCUT2D eigenvalue weighted by molar-refractivity contribution is 6.31. The Kier molecular flexibility index (Phi) is 4.72. The predicted molar refractivity (Wildman–Crippen MR) is 88.8 cm³/mol. The maximum Gasteiger partial charge on any atom is 0.0860 e. The first-order valence-corrected chi connectivity index (χ1v) is 8.30. The van der Waals surface area contributed by atoms with E-state index in [1.165, 1.54) is 0 Å². The Balaban J connectivity index is 2.29. The summed E-state index contributed by atoms with van der Waals surface area (Å²) >= 11 is 6.45. The molecule has 2 rings (SSSR count). The molecule has 1 saturated heterocycles. The van der Waals surface area contributed by atoms with Gasteiger partial charge in [-0.3, -0.25) is 9.58 Å². The smallest absolute Gasteiger partial charge is 0.0860 e. The van der Waals surface area contributed by atoms with Crippen molar-refractivity contribution in [3.63, 3.8) is 0 Å². The van der Waals surface area contributed by atoms with Crippen LogP contribution >= 0.6 is 11.6 Å². The fourth-order valence-electron chi connectivity index (χ4n) is 3.05. The van der Waals surface area contributed by atoms with Crippen molar-refractivity contribution in [3.05, 3.63) is 16.4 Å². The van der Waals surface area contributed by atoms with Gasteiger partial charge >= 0.3 is 0 Å². The van der Waals surface area contributed by atoms with Crippen LogP contribution in [0.15, 0.2) is 0 Å². The highest BCUT2D eigenvalue weighted by atomic mass is 35.5. The number of rotatable bonds is 4. The molecule has 1 aliphatic rings. The first kappa shape index (κ1) is 16.8. The van der Waals surface area contributed by atoms with Crippen molar-refractivity contribution in [2.24, 2.45) is 7.05 Å². The molecule has 0 saturated carbocycles. The second-order valence-corrected chi connectivity index (χ2v) is 7.32. The summed E-state index contributed by atoms with van der Waals surface area (Å²) in [6.07, 6.45) is 2.25. The third-order valence-electron chi connectivity index (χ3n) is 5.34. The van der Waals surface area contributed by atoms with E-state index in [2.05, 4.69) is 43.0 Å². The van der Waals surface area contributed by atoms with Crippen molar-refractivity contribution < 1.29 is 0 Å². The lowest BCUT2D eigenvalue weighted by atomic mass is 9.85. The Bertz CT molecular complexity index is 513. The van der Waals surface area contributed by atoms with Crippen LogP contribution in [0.5, 0.6) is 0 Å². The number of aryl methyl sites for hydroxylation is 2. The van der Waals surface area contributed by atoms with Gasteiger partial charge in [-0.2, -0.15) is 5.10 Å². The van der Waals surface area contributed by atoms with Gasteiger partial charge in [0.2, 0.25) is 0 Å². The van der Waals surface area contributed by atoms with Gasteiger partial charge in [-0.15, -0.1) is 0 Å². The molecule has 21 heavy (non-hydrogen) atoms. The molecule has 1 aromatic heterocycles. The number of hydrogen-bond acceptors (Lipinski definition) is 3. The zero-order chi connectivity index (χ0) is 15.8. The van der Waals surface area contributed by atoms with Gasteiger partial charge in [-0.1, -0.05) is 25.4 Å². The van der Waals surface area contributed by atoms with Gasteiger partial charge in [0, 0.05) is 37.8 Å². The van der Waals surface area contributed by atoms with Gasteiger partial charge < -0.3 is 5.32 Å². The van der Waals surface area contributed by atoms with Gasteiger partial charge in [-0.05, 0) is 33.6 Å². The molecule has 5 heteroatoms. The summed E-state index contributed by atoms with van der Waals surface area (Å²) in [4.78, 5) is 2.58. The van der Waals surface area contributed by atoms with Crippen LogP contribution in [0.4, 0.5) is 0 Å². The first-order chi connectivity index (χ1) is 9.74. The lowest BCUT2D eigenvalue weighted by Crippen LogP contribution is -2.67. The largest absolute Gasteiger partial charge is 0.308 e. The Labute approximate surface area is 133 Å². The van der Waals surface area contributed by atoms with E-state index in [1.54, 1.807) is 0 Å². The Hall–Kier alpha value is -0.580. The van der Waals surface area contributed by atoms with Gasteiger partial charge in [0.05, 0.1) is 16.4 Å². The summed E-state index contributed by atoms with van der Waals surface area (Å²) in [6.45, 7) is 14.0. The topological polar surface area (TPSA) is 33.1 Å². The molecular weight excluding hydrogens is 284 g/mol. The minimum Gasteiger partial charge on any atom is -0.308 e. The van der Waals surface area contributed by atoms with Gasteiger partial charge in [-0.25, -0.2) is 0 Å². The third-order valence-corrected chi connectivity index (χ3v) is 5.84. The zero-order valence-electron chi connectivity index (χ0n) is 14.3. The summed E-state index contributed by atoms with van der Waals surface area (Å²) in [6, 6.07) is 0. The van der Waals surface area contributed by atoms with E-state index < -0.39 is 0 Å². The zero-order valence-corrected chi connectivity index (χ0v) is 15.0. The number of piperazine rings is 1. The molecule has 1 fully saturated rings. The van der Waals surface area contributed by atoms with Crippen LogP contribution in [0.3, 0.4) is 0 Å². The van der Waals surface area contributed by atoms with Crippen LogP contribution in [0.2, 0.25) is 5.02 Å². The quantitative estimate of drug-likeness (QED) is 0.927. The SMILES string of the molecule is CCC1(C)CN(Cc2c(Cl)c(C)nn2C)C(C)(CC)CN1. The normalized spacial score (nSPS) is 30.8. The van der Waals surface area contributed by atoms with Crippen LogP contribution in [-0.4, -0.2) is 38.8 Å². The van der Waals surface area contributed by atoms with Gasteiger partial charge in [0.25, 0.3) is 0 Å². The summed E-state index contributed by atoms with van der Waals surface area (Å²) in [5, 5.41) is 9.00. The monoisotopic (exact) mass is 312 g/mol. The van der Waals surface area contributed by atoms with Crippen molar-refractivity contribution in [2.45, 2.75) is 65.1 Å². The van der Waals surface area contributed by atoms with Crippen molar-refractivity contribution in [1.82, 2.24) is 20.0 Å². The molecule has 0 bridgehead atoms. The fraction of sp³-hybridized carbons (Fsp3) is 0.812. The number of aromatic nitrogens is 2. The Morgan fingerprint density at radius 3 is 2.43 bits per heavy atom. The molecule has 0 aliphatic carbocycles. The summed E-state index contributed by atoms with van der Waals surface area (Å²) in [5.74, 6) is 0. The summed E-state index contributed by atoms with van der Waals surface area (Å²) in [5.41, 5.74) is 2.38. The van der Waals surface area contributed by atoms with Crippen LogP contribution in [0.1, 0.15) is 51.9 Å².